The van der Waals surface area contributed by atoms with Crippen molar-refractivity contribution < 1.29 is 23.5 Å². The number of hydrogen-bond acceptors (Lipinski definition) is 6. The average molecular weight is 465 g/mol. The number of halogens is 2. The minimum atomic E-state index is -0.665. The second-order valence-corrected chi connectivity index (χ2v) is 7.27. The van der Waals surface area contributed by atoms with Crippen LogP contribution in [0.15, 0.2) is 58.4 Å². The molecule has 0 radical (unpaired) electrons. The van der Waals surface area contributed by atoms with E-state index in [9.17, 15) is 14.0 Å². The van der Waals surface area contributed by atoms with E-state index in [0.29, 0.717) is 16.6 Å². The first kappa shape index (κ1) is 20.0. The lowest BCUT2D eigenvalue weighted by Gasteiger charge is -2.07. The Balaban J connectivity index is 1.44. The number of nitrogens with zero attached hydrogens (tertiary/aromatic N) is 1. The zero-order chi connectivity index (χ0) is 19.9. The molecule has 0 bridgehead atoms. The van der Waals surface area contributed by atoms with Gasteiger partial charge >= 0.3 is 5.97 Å². The predicted octanol–water partition coefficient (Wildman–Crippen LogP) is 4.27. The molecule has 1 heterocycles. The standard InChI is InChI=1S/C19H14BrFN2O4S/c20-13-2-1-3-15(8-13)26-10-18(25)27-9-17(24)23-19-22-16(11-28-19)12-4-6-14(21)7-5-12/h1-8,11H,9-10H2,(H,22,23,24). The van der Waals surface area contributed by atoms with Crippen molar-refractivity contribution in [3.05, 3.63) is 64.2 Å². The number of amides is 1. The van der Waals surface area contributed by atoms with Crippen molar-refractivity contribution in [2.24, 2.45) is 0 Å². The highest BCUT2D eigenvalue weighted by molar-refractivity contribution is 9.10. The van der Waals surface area contributed by atoms with Gasteiger partial charge in [0.25, 0.3) is 5.91 Å². The van der Waals surface area contributed by atoms with Gasteiger partial charge in [-0.15, -0.1) is 11.3 Å². The van der Waals surface area contributed by atoms with E-state index in [-0.39, 0.29) is 12.4 Å². The lowest BCUT2D eigenvalue weighted by molar-refractivity contribution is -0.149. The van der Waals surface area contributed by atoms with Crippen LogP contribution in [0.3, 0.4) is 0 Å². The molecule has 0 saturated heterocycles. The maximum absolute atomic E-state index is 13.0. The molecule has 0 aliphatic heterocycles. The van der Waals surface area contributed by atoms with E-state index < -0.39 is 18.5 Å². The molecule has 3 rings (SSSR count). The van der Waals surface area contributed by atoms with Crippen molar-refractivity contribution in [1.29, 1.82) is 0 Å². The maximum atomic E-state index is 13.0. The number of aromatic nitrogens is 1. The van der Waals surface area contributed by atoms with Crippen LogP contribution in [-0.2, 0) is 14.3 Å². The molecule has 1 aromatic heterocycles. The van der Waals surface area contributed by atoms with Gasteiger partial charge in [0.15, 0.2) is 18.3 Å². The van der Waals surface area contributed by atoms with Gasteiger partial charge in [0.2, 0.25) is 0 Å². The first-order valence-electron chi connectivity index (χ1n) is 8.05. The molecule has 6 nitrogen and oxygen atoms in total. The summed E-state index contributed by atoms with van der Waals surface area (Å²) in [6.07, 6.45) is 0. The Hall–Kier alpha value is -2.78. The lowest BCUT2D eigenvalue weighted by Crippen LogP contribution is -2.23. The molecule has 0 fully saturated rings. The zero-order valence-electron chi connectivity index (χ0n) is 14.4. The van der Waals surface area contributed by atoms with E-state index in [1.807, 2.05) is 6.07 Å². The minimum Gasteiger partial charge on any atom is -0.482 e. The molecule has 1 amide bonds. The number of carbonyl (C=O) groups is 2. The topological polar surface area (TPSA) is 77.5 Å². The van der Waals surface area contributed by atoms with Crippen LogP contribution in [0.1, 0.15) is 0 Å². The summed E-state index contributed by atoms with van der Waals surface area (Å²) >= 11 is 4.51. The fourth-order valence-corrected chi connectivity index (χ4v) is 3.24. The van der Waals surface area contributed by atoms with Gasteiger partial charge in [-0.05, 0) is 42.5 Å². The summed E-state index contributed by atoms with van der Waals surface area (Å²) in [5.74, 6) is -1.01. The van der Waals surface area contributed by atoms with Crippen LogP contribution in [0.5, 0.6) is 5.75 Å². The van der Waals surface area contributed by atoms with E-state index in [4.69, 9.17) is 9.47 Å². The Morgan fingerprint density at radius 1 is 1.14 bits per heavy atom. The number of benzene rings is 2. The van der Waals surface area contributed by atoms with Crippen LogP contribution in [0.4, 0.5) is 9.52 Å². The van der Waals surface area contributed by atoms with Crippen LogP contribution in [0.25, 0.3) is 11.3 Å². The highest BCUT2D eigenvalue weighted by atomic mass is 79.9. The van der Waals surface area contributed by atoms with Crippen LogP contribution >= 0.6 is 27.3 Å². The third-order valence-corrected chi connectivity index (χ3v) is 4.66. The third-order valence-electron chi connectivity index (χ3n) is 3.41. The van der Waals surface area contributed by atoms with Gasteiger partial charge in [0.1, 0.15) is 11.6 Å². The van der Waals surface area contributed by atoms with Crippen LogP contribution in [0, 0.1) is 5.82 Å². The number of rotatable bonds is 7. The van der Waals surface area contributed by atoms with Gasteiger partial charge in [0.05, 0.1) is 5.69 Å². The Morgan fingerprint density at radius 2 is 1.93 bits per heavy atom. The molecule has 0 spiro atoms. The number of hydrogen-bond donors (Lipinski definition) is 1. The summed E-state index contributed by atoms with van der Waals surface area (Å²) in [5, 5.41) is 4.64. The Kier molecular flexibility index (Phi) is 6.72. The normalized spacial score (nSPS) is 10.4. The van der Waals surface area contributed by atoms with E-state index in [1.165, 1.54) is 23.5 Å². The van der Waals surface area contributed by atoms with Crippen molar-refractivity contribution in [2.75, 3.05) is 18.5 Å². The summed E-state index contributed by atoms with van der Waals surface area (Å²) in [4.78, 5) is 27.9. The minimum absolute atomic E-state index is 0.310. The SMILES string of the molecule is O=C(COC(=O)COc1cccc(Br)c1)Nc1nc(-c2ccc(F)cc2)cs1. The highest BCUT2D eigenvalue weighted by Crippen LogP contribution is 2.25. The first-order chi connectivity index (χ1) is 13.5. The molecule has 0 aliphatic carbocycles. The Labute approximate surface area is 172 Å². The molecule has 0 saturated carbocycles. The molecule has 1 N–H and O–H groups in total. The summed E-state index contributed by atoms with van der Waals surface area (Å²) in [7, 11) is 0. The van der Waals surface area contributed by atoms with Crippen LogP contribution in [0.2, 0.25) is 0 Å². The number of anilines is 1. The van der Waals surface area contributed by atoms with Crippen LogP contribution in [-0.4, -0.2) is 30.1 Å². The first-order valence-corrected chi connectivity index (χ1v) is 9.72. The van der Waals surface area contributed by atoms with Crippen molar-refractivity contribution in [2.45, 2.75) is 0 Å². The van der Waals surface area contributed by atoms with Gasteiger partial charge in [-0.3, -0.25) is 10.1 Å². The largest absolute Gasteiger partial charge is 0.482 e. The summed E-state index contributed by atoms with van der Waals surface area (Å²) in [6, 6.07) is 12.9. The van der Waals surface area contributed by atoms with Crippen molar-refractivity contribution in [3.63, 3.8) is 0 Å². The highest BCUT2D eigenvalue weighted by Gasteiger charge is 2.11. The molecular formula is C19H14BrFN2O4S. The summed E-state index contributed by atoms with van der Waals surface area (Å²) < 4.78 is 24.0. The van der Waals surface area contributed by atoms with Crippen LogP contribution < -0.4 is 10.1 Å². The van der Waals surface area contributed by atoms with Gasteiger partial charge < -0.3 is 9.47 Å². The molecule has 9 heteroatoms. The number of thiazole rings is 1. The second kappa shape index (κ2) is 9.43. The molecule has 0 aliphatic rings. The van der Waals surface area contributed by atoms with E-state index in [1.54, 1.807) is 35.7 Å². The van der Waals surface area contributed by atoms with Crippen molar-refractivity contribution in [1.82, 2.24) is 4.98 Å². The maximum Gasteiger partial charge on any atom is 0.344 e. The lowest BCUT2D eigenvalue weighted by atomic mass is 10.2. The monoisotopic (exact) mass is 464 g/mol. The molecule has 3 aromatic rings. The summed E-state index contributed by atoms with van der Waals surface area (Å²) in [5.41, 5.74) is 1.34. The molecular weight excluding hydrogens is 451 g/mol. The van der Waals surface area contributed by atoms with Crippen molar-refractivity contribution >= 4 is 44.3 Å². The van der Waals surface area contributed by atoms with Gasteiger partial charge in [0, 0.05) is 15.4 Å². The van der Waals surface area contributed by atoms with E-state index in [0.717, 1.165) is 10.0 Å². The van der Waals surface area contributed by atoms with E-state index in [2.05, 4.69) is 26.2 Å². The zero-order valence-corrected chi connectivity index (χ0v) is 16.8. The number of ether oxygens (including phenoxy) is 2. The third kappa shape index (κ3) is 5.86. The fraction of sp³-hybridized carbons (Fsp3) is 0.105. The average Bonchev–Trinajstić information content (AvgIpc) is 3.14. The van der Waals surface area contributed by atoms with Gasteiger partial charge in [-0.25, -0.2) is 14.2 Å². The summed E-state index contributed by atoms with van der Waals surface area (Å²) in [6.45, 7) is -0.762. The Morgan fingerprint density at radius 3 is 2.68 bits per heavy atom. The number of carbonyl (C=O) groups excluding carboxylic acids is 2. The van der Waals surface area contributed by atoms with E-state index >= 15 is 0 Å². The molecule has 0 unspecified atom stereocenters. The number of nitrogens with one attached hydrogen (secondary N) is 1. The quantitative estimate of drug-likeness (QED) is 0.528. The molecule has 2 aromatic carbocycles. The van der Waals surface area contributed by atoms with Gasteiger partial charge in [-0.2, -0.15) is 0 Å². The Bertz CT molecular complexity index is 978. The molecule has 144 valence electrons. The molecule has 28 heavy (non-hydrogen) atoms. The predicted molar refractivity (Wildman–Crippen MR) is 107 cm³/mol. The molecule has 0 atom stereocenters. The van der Waals surface area contributed by atoms with Crippen molar-refractivity contribution in [3.8, 4) is 17.0 Å². The van der Waals surface area contributed by atoms with Gasteiger partial charge in [-0.1, -0.05) is 22.0 Å². The second-order valence-electron chi connectivity index (χ2n) is 5.50. The number of esters is 1. The smallest absolute Gasteiger partial charge is 0.344 e. The fourth-order valence-electron chi connectivity index (χ4n) is 2.13.